The maximum Gasteiger partial charge on any atom is 0.252 e. The average Bonchev–Trinajstić information content (AvgIpc) is 2.66. The summed E-state index contributed by atoms with van der Waals surface area (Å²) in [6.45, 7) is 0.0677. The van der Waals surface area contributed by atoms with Gasteiger partial charge in [-0.2, -0.15) is 0 Å². The van der Waals surface area contributed by atoms with E-state index in [9.17, 15) is 9.59 Å². The Hall–Kier alpha value is -2.41. The Balaban J connectivity index is 2.21. The highest BCUT2D eigenvalue weighted by Gasteiger charge is 2.05. The molecule has 0 aliphatic carbocycles. The summed E-state index contributed by atoms with van der Waals surface area (Å²) in [5.74, 6) is -0.282. The molecule has 1 aromatic carbocycles. The van der Waals surface area contributed by atoms with Crippen LogP contribution in [0.25, 0.3) is 0 Å². The van der Waals surface area contributed by atoms with Crippen LogP contribution in [-0.4, -0.2) is 35.0 Å². The van der Waals surface area contributed by atoms with Crippen molar-refractivity contribution >= 4 is 35.4 Å². The van der Waals surface area contributed by atoms with Crippen LogP contribution >= 0.6 is 23.2 Å². The number of aldehydes is 1. The van der Waals surface area contributed by atoms with Crippen LogP contribution in [0.3, 0.4) is 0 Å². The Morgan fingerprint density at radius 3 is 2.67 bits per heavy atom. The number of allylic oxidation sites excluding steroid dienone is 1. The Morgan fingerprint density at radius 2 is 2.04 bits per heavy atom. The summed E-state index contributed by atoms with van der Waals surface area (Å²) in [5.41, 5.74) is 2.33. The van der Waals surface area contributed by atoms with Gasteiger partial charge in [-0.3, -0.25) is 9.59 Å². The molecule has 0 aliphatic heterocycles. The minimum absolute atomic E-state index is 0.122. The number of aryl methyl sites for hydroxylation is 1. The third-order valence-electron chi connectivity index (χ3n) is 3.67. The van der Waals surface area contributed by atoms with Crippen LogP contribution in [0.2, 0.25) is 10.0 Å². The number of hydrogen-bond donors (Lipinski definition) is 2. The highest BCUT2D eigenvalue weighted by molar-refractivity contribution is 6.42. The van der Waals surface area contributed by atoms with Crippen molar-refractivity contribution in [3.05, 3.63) is 75.0 Å². The van der Waals surface area contributed by atoms with Gasteiger partial charge in [-0.05, 0) is 29.8 Å². The van der Waals surface area contributed by atoms with Crippen molar-refractivity contribution in [3.63, 3.8) is 0 Å². The number of aliphatic hydroxyl groups excluding tert-OH is 1. The molecular formula is C19H19Cl2N3O3. The molecule has 1 aromatic heterocycles. The molecule has 8 heteroatoms. The number of nitrogens with zero attached hydrogens (tertiary/aromatic N) is 2. The summed E-state index contributed by atoms with van der Waals surface area (Å²) >= 11 is 11.9. The summed E-state index contributed by atoms with van der Waals surface area (Å²) < 4.78 is 1.67. The molecular weight excluding hydrogens is 389 g/mol. The SMILES string of the molecule is Cn1cc(C(=O)NCCO)ccc1=NC=C(C=O)Cc1ccc(Cl)c(Cl)c1. The van der Waals surface area contributed by atoms with Gasteiger partial charge in [0.1, 0.15) is 11.8 Å². The van der Waals surface area contributed by atoms with Crippen LogP contribution in [-0.2, 0) is 18.3 Å². The van der Waals surface area contributed by atoms with E-state index in [1.807, 2.05) is 0 Å². The Bertz CT molecular complexity index is 936. The quantitative estimate of drug-likeness (QED) is 0.545. The van der Waals surface area contributed by atoms with Crippen LogP contribution in [0.15, 0.2) is 53.3 Å². The molecule has 0 saturated carbocycles. The van der Waals surface area contributed by atoms with E-state index in [1.165, 1.54) is 6.20 Å². The smallest absolute Gasteiger partial charge is 0.252 e. The first-order valence-corrected chi connectivity index (χ1v) is 8.88. The van der Waals surface area contributed by atoms with Crippen molar-refractivity contribution in [2.45, 2.75) is 6.42 Å². The van der Waals surface area contributed by atoms with Gasteiger partial charge in [-0.15, -0.1) is 0 Å². The monoisotopic (exact) mass is 407 g/mol. The second-order valence-electron chi connectivity index (χ2n) is 5.74. The zero-order valence-corrected chi connectivity index (χ0v) is 16.2. The number of amides is 1. The van der Waals surface area contributed by atoms with Gasteiger partial charge in [0.05, 0.1) is 22.2 Å². The second-order valence-corrected chi connectivity index (χ2v) is 6.56. The number of pyridine rings is 1. The van der Waals surface area contributed by atoms with E-state index >= 15 is 0 Å². The standard InChI is InChI=1S/C19H19Cl2N3O3/c1-24-11-15(19(27)22-6-7-25)3-5-18(24)23-10-14(12-26)8-13-2-4-16(20)17(21)9-13/h2-5,9-12,25H,6-8H2,1H3,(H,22,27). The summed E-state index contributed by atoms with van der Waals surface area (Å²) in [4.78, 5) is 27.5. The first kappa shape index (κ1) is 20.9. The van der Waals surface area contributed by atoms with Gasteiger partial charge in [0.25, 0.3) is 5.91 Å². The fraction of sp³-hybridized carbons (Fsp3) is 0.211. The largest absolute Gasteiger partial charge is 0.395 e. The lowest BCUT2D eigenvalue weighted by Gasteiger charge is -2.06. The molecule has 0 radical (unpaired) electrons. The summed E-state index contributed by atoms with van der Waals surface area (Å²) in [6, 6.07) is 8.48. The first-order chi connectivity index (χ1) is 12.9. The molecule has 27 heavy (non-hydrogen) atoms. The Morgan fingerprint density at radius 1 is 1.26 bits per heavy atom. The van der Waals surface area contributed by atoms with Gasteiger partial charge in [0, 0.05) is 38.0 Å². The number of aromatic nitrogens is 1. The normalized spacial score (nSPS) is 12.1. The van der Waals surface area contributed by atoms with E-state index in [2.05, 4.69) is 10.3 Å². The van der Waals surface area contributed by atoms with Crippen LogP contribution < -0.4 is 10.8 Å². The molecule has 0 unspecified atom stereocenters. The molecule has 1 amide bonds. The second kappa shape index (κ2) is 10.1. The van der Waals surface area contributed by atoms with Gasteiger partial charge >= 0.3 is 0 Å². The number of carbonyl (C=O) groups excluding carboxylic acids is 2. The van der Waals surface area contributed by atoms with Gasteiger partial charge < -0.3 is 15.0 Å². The van der Waals surface area contributed by atoms with Gasteiger partial charge in [0.15, 0.2) is 0 Å². The Kier molecular flexibility index (Phi) is 7.79. The van der Waals surface area contributed by atoms with Crippen molar-refractivity contribution in [1.82, 2.24) is 9.88 Å². The summed E-state index contributed by atoms with van der Waals surface area (Å²) in [6.07, 6.45) is 4.22. The number of hydrogen-bond acceptors (Lipinski definition) is 4. The first-order valence-electron chi connectivity index (χ1n) is 8.12. The fourth-order valence-electron chi connectivity index (χ4n) is 2.29. The lowest BCUT2D eigenvalue weighted by atomic mass is 10.1. The van der Waals surface area contributed by atoms with Gasteiger partial charge in [0.2, 0.25) is 0 Å². The van der Waals surface area contributed by atoms with Crippen molar-refractivity contribution < 1.29 is 14.7 Å². The van der Waals surface area contributed by atoms with Crippen molar-refractivity contribution in [2.75, 3.05) is 13.2 Å². The lowest BCUT2D eigenvalue weighted by Crippen LogP contribution is -2.28. The number of halogens is 2. The van der Waals surface area contributed by atoms with Crippen LogP contribution in [0.5, 0.6) is 0 Å². The van der Waals surface area contributed by atoms with Crippen molar-refractivity contribution in [2.24, 2.45) is 12.0 Å². The summed E-state index contributed by atoms with van der Waals surface area (Å²) in [7, 11) is 1.75. The highest BCUT2D eigenvalue weighted by Crippen LogP contribution is 2.23. The van der Waals surface area contributed by atoms with E-state index in [-0.39, 0.29) is 19.1 Å². The van der Waals surface area contributed by atoms with E-state index in [1.54, 1.807) is 48.1 Å². The van der Waals surface area contributed by atoms with Crippen LogP contribution in [0.1, 0.15) is 15.9 Å². The number of rotatable bonds is 7. The maximum absolute atomic E-state index is 11.9. The topological polar surface area (TPSA) is 83.7 Å². The van der Waals surface area contributed by atoms with Crippen molar-refractivity contribution in [3.8, 4) is 0 Å². The van der Waals surface area contributed by atoms with Crippen LogP contribution in [0, 0.1) is 0 Å². The molecule has 0 bridgehead atoms. The Labute approximate surface area is 166 Å². The molecule has 0 spiro atoms. The molecule has 0 atom stereocenters. The van der Waals surface area contributed by atoms with E-state index < -0.39 is 0 Å². The van der Waals surface area contributed by atoms with E-state index in [0.717, 1.165) is 11.8 Å². The predicted molar refractivity (Wildman–Crippen MR) is 105 cm³/mol. The van der Waals surface area contributed by atoms with Crippen molar-refractivity contribution in [1.29, 1.82) is 0 Å². The molecule has 6 nitrogen and oxygen atoms in total. The highest BCUT2D eigenvalue weighted by atomic mass is 35.5. The molecule has 2 rings (SSSR count). The number of carbonyl (C=O) groups is 2. The molecule has 0 fully saturated rings. The molecule has 0 aliphatic rings. The zero-order valence-electron chi connectivity index (χ0n) is 14.7. The molecule has 0 saturated heterocycles. The number of aliphatic hydroxyl groups is 1. The number of benzene rings is 1. The third-order valence-corrected chi connectivity index (χ3v) is 4.41. The molecule has 142 valence electrons. The minimum atomic E-state index is -0.282. The summed E-state index contributed by atoms with van der Waals surface area (Å²) in [5, 5.41) is 12.2. The molecule has 2 N–H and O–H groups in total. The maximum atomic E-state index is 11.9. The number of nitrogens with one attached hydrogen (secondary N) is 1. The van der Waals surface area contributed by atoms with E-state index in [4.69, 9.17) is 28.3 Å². The molecule has 2 aromatic rings. The zero-order chi connectivity index (χ0) is 19.8. The lowest BCUT2D eigenvalue weighted by molar-refractivity contribution is -0.105. The average molecular weight is 408 g/mol. The predicted octanol–water partition coefficient (Wildman–Crippen LogP) is 2.28. The van der Waals surface area contributed by atoms with Gasteiger partial charge in [-0.25, -0.2) is 4.99 Å². The molecule has 1 heterocycles. The van der Waals surface area contributed by atoms with Gasteiger partial charge in [-0.1, -0.05) is 29.3 Å². The fourth-order valence-corrected chi connectivity index (χ4v) is 2.61. The minimum Gasteiger partial charge on any atom is -0.395 e. The van der Waals surface area contributed by atoms with Crippen LogP contribution in [0.4, 0.5) is 0 Å². The van der Waals surface area contributed by atoms with E-state index in [0.29, 0.717) is 33.1 Å². The third kappa shape index (κ3) is 6.06.